The molecule has 20 heavy (non-hydrogen) atoms. The number of hydrogen-bond acceptors (Lipinski definition) is 5. The molecule has 0 atom stereocenters. The Morgan fingerprint density at radius 2 is 1.75 bits per heavy atom. The van der Waals surface area contributed by atoms with Gasteiger partial charge in [-0.3, -0.25) is 4.90 Å². The van der Waals surface area contributed by atoms with Crippen molar-refractivity contribution in [2.75, 3.05) is 31.1 Å². The van der Waals surface area contributed by atoms with E-state index in [0.717, 1.165) is 50.1 Å². The highest BCUT2D eigenvalue weighted by molar-refractivity contribution is 5.30. The molecule has 0 radical (unpaired) electrons. The average Bonchev–Trinajstić information content (AvgIpc) is 2.86. The van der Waals surface area contributed by atoms with Crippen LogP contribution in [-0.4, -0.2) is 50.6 Å². The van der Waals surface area contributed by atoms with Crippen LogP contribution in [0.15, 0.2) is 24.8 Å². The second-order valence-corrected chi connectivity index (χ2v) is 5.28. The zero-order valence-corrected chi connectivity index (χ0v) is 12.0. The Morgan fingerprint density at radius 3 is 2.35 bits per heavy atom. The van der Waals surface area contributed by atoms with E-state index in [2.05, 4.69) is 29.3 Å². The summed E-state index contributed by atoms with van der Waals surface area (Å²) in [6, 6.07) is 0. The summed E-state index contributed by atoms with van der Waals surface area (Å²) in [6.07, 6.45) is 7.60. The van der Waals surface area contributed by atoms with Crippen molar-refractivity contribution in [1.82, 2.24) is 24.4 Å². The van der Waals surface area contributed by atoms with Crippen LogP contribution in [0.1, 0.15) is 11.4 Å². The third kappa shape index (κ3) is 2.80. The minimum absolute atomic E-state index is 0.840. The van der Waals surface area contributed by atoms with Gasteiger partial charge in [-0.05, 0) is 12.5 Å². The van der Waals surface area contributed by atoms with Crippen LogP contribution < -0.4 is 4.90 Å². The Labute approximate surface area is 119 Å². The molecule has 6 heteroatoms. The second kappa shape index (κ2) is 5.58. The summed E-state index contributed by atoms with van der Waals surface area (Å²) in [5.41, 5.74) is 1.10. The van der Waals surface area contributed by atoms with Crippen LogP contribution in [-0.2, 0) is 13.6 Å². The number of nitrogens with zero attached hydrogens (tertiary/aromatic N) is 6. The summed E-state index contributed by atoms with van der Waals surface area (Å²) in [7, 11) is 2.04. The topological polar surface area (TPSA) is 50.1 Å². The molecule has 2 aromatic heterocycles. The molecule has 1 aliphatic rings. The molecule has 3 heterocycles. The number of anilines is 1. The van der Waals surface area contributed by atoms with Gasteiger partial charge in [0, 0.05) is 58.0 Å². The lowest BCUT2D eigenvalue weighted by Gasteiger charge is -2.34. The van der Waals surface area contributed by atoms with E-state index in [9.17, 15) is 0 Å². The van der Waals surface area contributed by atoms with E-state index < -0.39 is 0 Å². The molecule has 0 N–H and O–H groups in total. The van der Waals surface area contributed by atoms with E-state index in [-0.39, 0.29) is 0 Å². The predicted octanol–water partition coefficient (Wildman–Crippen LogP) is 0.841. The Balaban J connectivity index is 1.57. The summed E-state index contributed by atoms with van der Waals surface area (Å²) in [6.45, 7) is 6.88. The first kappa shape index (κ1) is 13.1. The van der Waals surface area contributed by atoms with E-state index in [0.29, 0.717) is 0 Å². The fourth-order valence-corrected chi connectivity index (χ4v) is 2.40. The lowest BCUT2D eigenvalue weighted by Crippen LogP contribution is -2.46. The van der Waals surface area contributed by atoms with Crippen LogP contribution in [0.5, 0.6) is 0 Å². The molecule has 0 aliphatic carbocycles. The van der Waals surface area contributed by atoms with E-state index in [4.69, 9.17) is 0 Å². The fourth-order valence-electron chi connectivity index (χ4n) is 2.40. The number of aryl methyl sites for hydroxylation is 2. The molecule has 1 fully saturated rings. The van der Waals surface area contributed by atoms with Crippen molar-refractivity contribution in [3.8, 4) is 0 Å². The van der Waals surface area contributed by atoms with Crippen LogP contribution >= 0.6 is 0 Å². The molecular formula is C14H20N6. The highest BCUT2D eigenvalue weighted by Crippen LogP contribution is 2.12. The van der Waals surface area contributed by atoms with Crippen LogP contribution in [0.3, 0.4) is 0 Å². The van der Waals surface area contributed by atoms with Crippen molar-refractivity contribution in [2.24, 2.45) is 7.05 Å². The first-order valence-electron chi connectivity index (χ1n) is 6.94. The maximum absolute atomic E-state index is 4.40. The summed E-state index contributed by atoms with van der Waals surface area (Å²) < 4.78 is 2.08. The first-order chi connectivity index (χ1) is 9.72. The number of hydrogen-bond donors (Lipinski definition) is 0. The fraction of sp³-hybridized carbons (Fsp3) is 0.500. The third-order valence-electron chi connectivity index (χ3n) is 3.71. The van der Waals surface area contributed by atoms with Crippen molar-refractivity contribution in [3.05, 3.63) is 36.2 Å². The molecule has 0 bridgehead atoms. The molecule has 1 aliphatic heterocycles. The number of rotatable bonds is 3. The second-order valence-electron chi connectivity index (χ2n) is 5.28. The Morgan fingerprint density at radius 1 is 1.05 bits per heavy atom. The molecule has 6 nitrogen and oxygen atoms in total. The minimum Gasteiger partial charge on any atom is -0.338 e. The van der Waals surface area contributed by atoms with Crippen molar-refractivity contribution in [1.29, 1.82) is 0 Å². The van der Waals surface area contributed by atoms with Crippen LogP contribution in [0.4, 0.5) is 5.95 Å². The van der Waals surface area contributed by atoms with E-state index in [1.54, 1.807) is 0 Å². The van der Waals surface area contributed by atoms with Crippen molar-refractivity contribution in [2.45, 2.75) is 13.5 Å². The molecule has 0 unspecified atom stereocenters. The van der Waals surface area contributed by atoms with Gasteiger partial charge >= 0.3 is 0 Å². The van der Waals surface area contributed by atoms with Gasteiger partial charge in [-0.1, -0.05) is 0 Å². The quantitative estimate of drug-likeness (QED) is 0.829. The third-order valence-corrected chi connectivity index (χ3v) is 3.71. The summed E-state index contributed by atoms with van der Waals surface area (Å²) in [4.78, 5) is 17.8. The van der Waals surface area contributed by atoms with Gasteiger partial charge < -0.3 is 9.47 Å². The molecule has 0 saturated carbocycles. The molecule has 0 aromatic carbocycles. The predicted molar refractivity (Wildman–Crippen MR) is 77.5 cm³/mol. The number of piperazine rings is 1. The molecular weight excluding hydrogens is 252 g/mol. The zero-order valence-electron chi connectivity index (χ0n) is 12.0. The monoisotopic (exact) mass is 272 g/mol. The number of aromatic nitrogens is 4. The van der Waals surface area contributed by atoms with Crippen molar-refractivity contribution >= 4 is 5.95 Å². The first-order valence-corrected chi connectivity index (χ1v) is 6.94. The summed E-state index contributed by atoms with van der Waals surface area (Å²) in [5.74, 6) is 1.96. The van der Waals surface area contributed by atoms with Gasteiger partial charge in [0.1, 0.15) is 5.82 Å². The highest BCUT2D eigenvalue weighted by atomic mass is 15.3. The highest BCUT2D eigenvalue weighted by Gasteiger charge is 2.19. The lowest BCUT2D eigenvalue weighted by atomic mass is 10.3. The van der Waals surface area contributed by atoms with E-state index in [1.807, 2.05) is 38.8 Å². The van der Waals surface area contributed by atoms with Gasteiger partial charge in [0.15, 0.2) is 0 Å². The van der Waals surface area contributed by atoms with Gasteiger partial charge in [-0.2, -0.15) is 0 Å². The maximum atomic E-state index is 4.40. The number of imidazole rings is 1. The summed E-state index contributed by atoms with van der Waals surface area (Å²) >= 11 is 0. The van der Waals surface area contributed by atoms with Gasteiger partial charge in [0.2, 0.25) is 5.95 Å². The molecule has 2 aromatic rings. The lowest BCUT2D eigenvalue weighted by molar-refractivity contribution is 0.240. The van der Waals surface area contributed by atoms with E-state index >= 15 is 0 Å². The average molecular weight is 272 g/mol. The van der Waals surface area contributed by atoms with Crippen LogP contribution in [0, 0.1) is 6.92 Å². The SMILES string of the molecule is Cc1cnc(N2CCN(Cc3nccn3C)CC2)nc1. The molecule has 0 amide bonds. The molecule has 0 spiro atoms. The van der Waals surface area contributed by atoms with Crippen molar-refractivity contribution in [3.63, 3.8) is 0 Å². The summed E-state index contributed by atoms with van der Waals surface area (Å²) in [5, 5.41) is 0. The van der Waals surface area contributed by atoms with Gasteiger partial charge in [-0.25, -0.2) is 15.0 Å². The molecule has 1 saturated heterocycles. The normalized spacial score (nSPS) is 16.6. The molecule has 3 rings (SSSR count). The van der Waals surface area contributed by atoms with Gasteiger partial charge in [-0.15, -0.1) is 0 Å². The smallest absolute Gasteiger partial charge is 0.225 e. The van der Waals surface area contributed by atoms with Crippen LogP contribution in [0.2, 0.25) is 0 Å². The molecule has 106 valence electrons. The minimum atomic E-state index is 0.840. The Kier molecular flexibility index (Phi) is 3.64. The van der Waals surface area contributed by atoms with E-state index in [1.165, 1.54) is 0 Å². The maximum Gasteiger partial charge on any atom is 0.225 e. The largest absolute Gasteiger partial charge is 0.338 e. The zero-order chi connectivity index (χ0) is 13.9. The Bertz CT molecular complexity index is 553. The van der Waals surface area contributed by atoms with Gasteiger partial charge in [0.05, 0.1) is 6.54 Å². The standard InChI is InChI=1S/C14H20N6/c1-12-9-16-14(17-10-12)20-7-5-19(6-8-20)11-13-15-3-4-18(13)2/h3-4,9-10H,5-8,11H2,1-2H3. The van der Waals surface area contributed by atoms with Crippen molar-refractivity contribution < 1.29 is 0 Å². The van der Waals surface area contributed by atoms with Gasteiger partial charge in [0.25, 0.3) is 0 Å². The Hall–Kier alpha value is -1.95. The van der Waals surface area contributed by atoms with Crippen LogP contribution in [0.25, 0.3) is 0 Å².